The van der Waals surface area contributed by atoms with Crippen molar-refractivity contribution in [3.63, 3.8) is 0 Å². The van der Waals surface area contributed by atoms with Crippen LogP contribution in [0.25, 0.3) is 0 Å². The van der Waals surface area contributed by atoms with Crippen molar-refractivity contribution in [2.45, 2.75) is 18.6 Å². The minimum absolute atomic E-state index is 0.0289. The Hall–Kier alpha value is -1.50. The van der Waals surface area contributed by atoms with Crippen LogP contribution in [0.1, 0.15) is 6.42 Å². The molecule has 2 heterocycles. The lowest BCUT2D eigenvalue weighted by molar-refractivity contribution is -0.00275. The highest BCUT2D eigenvalue weighted by atomic mass is 16.6. The Morgan fingerprint density at radius 1 is 1.14 bits per heavy atom. The van der Waals surface area contributed by atoms with Crippen molar-refractivity contribution in [3.05, 3.63) is 0 Å². The van der Waals surface area contributed by atoms with Crippen LogP contribution >= 0.6 is 0 Å². The van der Waals surface area contributed by atoms with Crippen molar-refractivity contribution in [3.8, 4) is 0 Å². The van der Waals surface area contributed by atoms with Gasteiger partial charge in [0.1, 0.15) is 6.10 Å². The molecule has 2 unspecified atom stereocenters. The van der Waals surface area contributed by atoms with Gasteiger partial charge in [0.05, 0.1) is 12.6 Å². The van der Waals surface area contributed by atoms with Gasteiger partial charge in [-0.05, 0) is 6.42 Å². The van der Waals surface area contributed by atoms with Crippen molar-refractivity contribution in [2.24, 2.45) is 0 Å². The van der Waals surface area contributed by atoms with E-state index in [0.29, 0.717) is 6.42 Å². The lowest BCUT2D eigenvalue weighted by atomic mass is 10.2. The number of carboxylic acid groups (broad SMARTS) is 2. The monoisotopic (exact) mass is 202 g/mol. The van der Waals surface area contributed by atoms with Crippen LogP contribution in [-0.4, -0.2) is 57.7 Å². The Balaban J connectivity index is 2.12. The molecule has 0 aromatic carbocycles. The summed E-state index contributed by atoms with van der Waals surface area (Å²) in [5.74, 6) is 0. The average molecular weight is 202 g/mol. The van der Waals surface area contributed by atoms with Gasteiger partial charge in [0.15, 0.2) is 0 Å². The van der Waals surface area contributed by atoms with Crippen LogP contribution in [0, 0.1) is 0 Å². The number of rotatable bonds is 0. The van der Waals surface area contributed by atoms with Gasteiger partial charge < -0.3 is 14.9 Å². The van der Waals surface area contributed by atoms with E-state index in [1.807, 2.05) is 0 Å². The van der Waals surface area contributed by atoms with Gasteiger partial charge in [0.2, 0.25) is 0 Å². The molecular weight excluding hydrogens is 192 g/mol. The molecule has 14 heavy (non-hydrogen) atoms. The van der Waals surface area contributed by atoms with Crippen molar-refractivity contribution in [1.82, 2.24) is 10.0 Å². The predicted octanol–water partition coefficient (Wildman–Crippen LogP) is 0.0325. The highest BCUT2D eigenvalue weighted by Gasteiger charge is 2.46. The van der Waals surface area contributed by atoms with Crippen LogP contribution in [0.5, 0.6) is 0 Å². The minimum atomic E-state index is -1.26. The summed E-state index contributed by atoms with van der Waals surface area (Å²) in [6.07, 6.45) is -2.05. The Bertz CT molecular complexity index is 281. The number of hydrogen-bond acceptors (Lipinski definition) is 3. The maximum atomic E-state index is 10.8. The molecule has 0 bridgehead atoms. The second-order valence-electron chi connectivity index (χ2n) is 3.27. The van der Waals surface area contributed by atoms with E-state index in [4.69, 9.17) is 14.9 Å². The van der Waals surface area contributed by atoms with Gasteiger partial charge in [0.25, 0.3) is 0 Å². The fourth-order valence-electron chi connectivity index (χ4n) is 1.61. The summed E-state index contributed by atoms with van der Waals surface area (Å²) >= 11 is 0. The van der Waals surface area contributed by atoms with Crippen molar-refractivity contribution in [2.75, 3.05) is 13.1 Å². The molecule has 2 amide bonds. The molecule has 2 aliphatic heterocycles. The van der Waals surface area contributed by atoms with E-state index < -0.39 is 12.2 Å². The molecule has 0 aromatic rings. The van der Waals surface area contributed by atoms with Gasteiger partial charge in [-0.15, -0.1) is 0 Å². The quantitative estimate of drug-likeness (QED) is 0.540. The van der Waals surface area contributed by atoms with Crippen molar-refractivity contribution < 1.29 is 24.5 Å². The Kier molecular flexibility index (Phi) is 1.95. The first-order valence-electron chi connectivity index (χ1n) is 4.26. The highest BCUT2D eigenvalue weighted by Crippen LogP contribution is 2.30. The number of fused-ring (bicyclic) bond motifs is 1. The fourth-order valence-corrected chi connectivity index (χ4v) is 1.61. The maximum Gasteiger partial charge on any atom is 0.426 e. The van der Waals surface area contributed by atoms with Crippen LogP contribution in [0.2, 0.25) is 0 Å². The number of hydrogen-bond donors (Lipinski definition) is 2. The molecule has 0 spiro atoms. The van der Waals surface area contributed by atoms with Crippen LogP contribution in [0.4, 0.5) is 9.59 Å². The third-order valence-electron chi connectivity index (χ3n) is 2.40. The lowest BCUT2D eigenvalue weighted by Gasteiger charge is -2.28. The Morgan fingerprint density at radius 3 is 2.36 bits per heavy atom. The molecular formula is C7H10N2O5. The second kappa shape index (κ2) is 3.02. The summed E-state index contributed by atoms with van der Waals surface area (Å²) in [5, 5.41) is 19.2. The van der Waals surface area contributed by atoms with E-state index in [9.17, 15) is 9.59 Å². The van der Waals surface area contributed by atoms with Gasteiger partial charge >= 0.3 is 12.2 Å². The lowest BCUT2D eigenvalue weighted by Crippen LogP contribution is -2.49. The van der Waals surface area contributed by atoms with Crippen molar-refractivity contribution in [1.29, 1.82) is 0 Å². The summed E-state index contributed by atoms with van der Waals surface area (Å²) < 4.78 is 5.14. The van der Waals surface area contributed by atoms with Crippen LogP contribution < -0.4 is 0 Å². The normalized spacial score (nSPS) is 30.6. The van der Waals surface area contributed by atoms with Crippen LogP contribution in [-0.2, 0) is 4.74 Å². The van der Waals surface area contributed by atoms with E-state index >= 15 is 0 Å². The van der Waals surface area contributed by atoms with Gasteiger partial charge in [-0.3, -0.25) is 0 Å². The third-order valence-corrected chi connectivity index (χ3v) is 2.40. The van der Waals surface area contributed by atoms with Gasteiger partial charge in [-0.1, -0.05) is 0 Å². The van der Waals surface area contributed by atoms with Crippen LogP contribution in [0.3, 0.4) is 0 Å². The maximum absolute atomic E-state index is 10.8. The van der Waals surface area contributed by atoms with Crippen LogP contribution in [0.15, 0.2) is 0 Å². The van der Waals surface area contributed by atoms with E-state index in [1.165, 1.54) is 0 Å². The van der Waals surface area contributed by atoms with Gasteiger partial charge in [0, 0.05) is 6.54 Å². The SMILES string of the molecule is O=C(O)N1CCC2OC2CN1C(=O)O. The molecule has 0 radical (unpaired) electrons. The minimum Gasteiger partial charge on any atom is -0.464 e. The molecule has 2 aliphatic rings. The molecule has 2 rings (SSSR count). The number of nitrogens with zero attached hydrogens (tertiary/aromatic N) is 2. The zero-order chi connectivity index (χ0) is 10.3. The summed E-state index contributed by atoms with van der Waals surface area (Å²) in [7, 11) is 0. The molecule has 7 nitrogen and oxygen atoms in total. The zero-order valence-electron chi connectivity index (χ0n) is 7.29. The molecule has 2 atom stereocenters. The summed E-state index contributed by atoms with van der Waals surface area (Å²) in [6.45, 7) is 0.273. The molecule has 0 saturated carbocycles. The molecule has 2 saturated heterocycles. The number of epoxide rings is 1. The van der Waals surface area contributed by atoms with E-state index in [-0.39, 0.29) is 25.3 Å². The third kappa shape index (κ3) is 1.46. The molecule has 0 aliphatic carbocycles. The zero-order valence-corrected chi connectivity index (χ0v) is 7.29. The molecule has 7 heteroatoms. The van der Waals surface area contributed by atoms with Gasteiger partial charge in [-0.2, -0.15) is 0 Å². The predicted molar refractivity (Wildman–Crippen MR) is 42.7 cm³/mol. The molecule has 0 aromatic heterocycles. The number of hydrazine groups is 1. The Labute approximate surface area is 79.4 Å². The first kappa shape index (κ1) is 9.07. The molecule has 78 valence electrons. The summed E-state index contributed by atoms with van der Waals surface area (Å²) in [5.41, 5.74) is 0. The molecule has 2 N–H and O–H groups in total. The van der Waals surface area contributed by atoms with E-state index in [1.54, 1.807) is 0 Å². The Morgan fingerprint density at radius 2 is 1.79 bits per heavy atom. The summed E-state index contributed by atoms with van der Waals surface area (Å²) in [4.78, 5) is 21.5. The average Bonchev–Trinajstić information content (AvgIpc) is 2.77. The smallest absolute Gasteiger partial charge is 0.426 e. The molecule has 2 fully saturated rings. The largest absolute Gasteiger partial charge is 0.464 e. The van der Waals surface area contributed by atoms with Gasteiger partial charge in [-0.25, -0.2) is 19.6 Å². The second-order valence-corrected chi connectivity index (χ2v) is 3.27. The topological polar surface area (TPSA) is 93.6 Å². The van der Waals surface area contributed by atoms with E-state index in [2.05, 4.69) is 0 Å². The number of carbonyl (C=O) groups is 2. The summed E-state index contributed by atoms with van der Waals surface area (Å²) in [6, 6.07) is 0. The van der Waals surface area contributed by atoms with E-state index in [0.717, 1.165) is 10.0 Å². The highest BCUT2D eigenvalue weighted by molar-refractivity contribution is 5.72. The van der Waals surface area contributed by atoms with Crippen molar-refractivity contribution >= 4 is 12.2 Å². The first-order chi connectivity index (χ1) is 6.59. The standard InChI is InChI=1S/C7H10N2O5/c10-6(11)8-2-1-4-5(14-4)3-9(8)7(12)13/h4-5H,1-3H2,(H,10,11)(H,12,13). The number of amides is 2. The number of ether oxygens (including phenoxy) is 1. The first-order valence-corrected chi connectivity index (χ1v) is 4.26. The fraction of sp³-hybridized carbons (Fsp3) is 0.714.